The molecule has 26 heavy (non-hydrogen) atoms. The molecule has 0 aliphatic rings. The number of amides is 1. The van der Waals surface area contributed by atoms with Crippen LogP contribution in [0.25, 0.3) is 0 Å². The SMILES string of the molecule is COc1ccc(NC(=O)c2cncc(Nc3cc(Cl)cc(Cl)c3)c2)cc1. The van der Waals surface area contributed by atoms with Gasteiger partial charge in [0, 0.05) is 27.6 Å². The van der Waals surface area contributed by atoms with Crippen molar-refractivity contribution in [1.82, 2.24) is 4.98 Å². The van der Waals surface area contributed by atoms with E-state index in [9.17, 15) is 4.79 Å². The topological polar surface area (TPSA) is 63.2 Å². The Morgan fingerprint density at radius 1 is 0.923 bits per heavy atom. The fraction of sp³-hybridized carbons (Fsp3) is 0.0526. The molecular formula is C19H15Cl2N3O2. The summed E-state index contributed by atoms with van der Waals surface area (Å²) < 4.78 is 5.10. The first kappa shape index (κ1) is 18.0. The lowest BCUT2D eigenvalue weighted by atomic mass is 10.2. The average Bonchev–Trinajstić information content (AvgIpc) is 2.61. The molecule has 0 aliphatic heterocycles. The van der Waals surface area contributed by atoms with Crippen LogP contribution in [0.5, 0.6) is 5.75 Å². The number of methoxy groups -OCH3 is 1. The fourth-order valence-corrected chi connectivity index (χ4v) is 2.83. The highest BCUT2D eigenvalue weighted by molar-refractivity contribution is 6.35. The number of ether oxygens (including phenoxy) is 1. The summed E-state index contributed by atoms with van der Waals surface area (Å²) in [5.74, 6) is 0.450. The average molecular weight is 388 g/mol. The summed E-state index contributed by atoms with van der Waals surface area (Å²) in [7, 11) is 1.59. The van der Waals surface area contributed by atoms with Crippen molar-refractivity contribution in [2.24, 2.45) is 0 Å². The first-order valence-electron chi connectivity index (χ1n) is 7.67. The van der Waals surface area contributed by atoms with Gasteiger partial charge in [0.1, 0.15) is 5.75 Å². The predicted molar refractivity (Wildman–Crippen MR) is 105 cm³/mol. The second kappa shape index (κ2) is 8.08. The zero-order chi connectivity index (χ0) is 18.5. The molecule has 0 saturated carbocycles. The van der Waals surface area contributed by atoms with Gasteiger partial charge >= 0.3 is 0 Å². The molecule has 0 fully saturated rings. The van der Waals surface area contributed by atoms with Crippen molar-refractivity contribution >= 4 is 46.2 Å². The fourth-order valence-electron chi connectivity index (χ4n) is 2.30. The van der Waals surface area contributed by atoms with Crippen molar-refractivity contribution in [2.75, 3.05) is 17.7 Å². The molecular weight excluding hydrogens is 373 g/mol. The molecule has 0 saturated heterocycles. The molecule has 0 atom stereocenters. The van der Waals surface area contributed by atoms with Gasteiger partial charge in [0.15, 0.2) is 0 Å². The van der Waals surface area contributed by atoms with E-state index < -0.39 is 0 Å². The van der Waals surface area contributed by atoms with Crippen LogP contribution >= 0.6 is 23.2 Å². The third-order valence-electron chi connectivity index (χ3n) is 3.50. The van der Waals surface area contributed by atoms with Gasteiger partial charge in [-0.15, -0.1) is 0 Å². The van der Waals surface area contributed by atoms with E-state index in [0.29, 0.717) is 32.7 Å². The van der Waals surface area contributed by atoms with Gasteiger partial charge in [-0.25, -0.2) is 0 Å². The number of pyridine rings is 1. The minimum atomic E-state index is -0.268. The minimum Gasteiger partial charge on any atom is -0.497 e. The highest BCUT2D eigenvalue weighted by Crippen LogP contribution is 2.25. The Bertz CT molecular complexity index is 910. The summed E-state index contributed by atoms with van der Waals surface area (Å²) >= 11 is 12.0. The van der Waals surface area contributed by atoms with Gasteiger partial charge in [-0.2, -0.15) is 0 Å². The Morgan fingerprint density at radius 3 is 2.27 bits per heavy atom. The lowest BCUT2D eigenvalue weighted by molar-refractivity contribution is 0.102. The van der Waals surface area contributed by atoms with Crippen LogP contribution in [-0.2, 0) is 0 Å². The number of halogens is 2. The molecule has 1 heterocycles. The molecule has 1 amide bonds. The largest absolute Gasteiger partial charge is 0.497 e. The normalized spacial score (nSPS) is 10.3. The Labute approximate surface area is 160 Å². The van der Waals surface area contributed by atoms with Crippen molar-refractivity contribution in [3.05, 3.63) is 76.5 Å². The number of carbonyl (C=O) groups excluding carboxylic acids is 1. The van der Waals surface area contributed by atoms with Crippen LogP contribution < -0.4 is 15.4 Å². The molecule has 0 bridgehead atoms. The van der Waals surface area contributed by atoms with E-state index >= 15 is 0 Å². The molecule has 132 valence electrons. The number of hydrogen-bond acceptors (Lipinski definition) is 4. The maximum Gasteiger partial charge on any atom is 0.257 e. The number of hydrogen-bond donors (Lipinski definition) is 2. The van der Waals surface area contributed by atoms with Gasteiger partial charge in [0.05, 0.1) is 24.6 Å². The highest BCUT2D eigenvalue weighted by Gasteiger charge is 2.08. The first-order chi connectivity index (χ1) is 12.5. The zero-order valence-corrected chi connectivity index (χ0v) is 15.3. The predicted octanol–water partition coefficient (Wildman–Crippen LogP) is 5.39. The van der Waals surface area contributed by atoms with E-state index in [1.807, 2.05) is 0 Å². The van der Waals surface area contributed by atoms with E-state index in [1.165, 1.54) is 6.20 Å². The van der Waals surface area contributed by atoms with Gasteiger partial charge < -0.3 is 15.4 Å². The summed E-state index contributed by atoms with van der Waals surface area (Å²) in [6, 6.07) is 13.9. The Balaban J connectivity index is 1.74. The standard InChI is InChI=1S/C19H15Cl2N3O2/c1-26-18-4-2-15(3-5-18)24-19(25)12-6-17(11-22-10-12)23-16-8-13(20)7-14(21)9-16/h2-11,23H,1H3,(H,24,25). The number of carbonyl (C=O) groups is 1. The molecule has 2 N–H and O–H groups in total. The lowest BCUT2D eigenvalue weighted by Gasteiger charge is -2.10. The van der Waals surface area contributed by atoms with E-state index in [2.05, 4.69) is 15.6 Å². The van der Waals surface area contributed by atoms with Crippen molar-refractivity contribution in [3.63, 3.8) is 0 Å². The van der Waals surface area contributed by atoms with Crippen LogP contribution in [0.4, 0.5) is 17.1 Å². The quantitative estimate of drug-likeness (QED) is 0.615. The van der Waals surface area contributed by atoms with Gasteiger partial charge in [-0.1, -0.05) is 23.2 Å². The van der Waals surface area contributed by atoms with Crippen LogP contribution in [0.3, 0.4) is 0 Å². The Hall–Kier alpha value is -2.76. The molecule has 3 aromatic rings. The smallest absolute Gasteiger partial charge is 0.257 e. The lowest BCUT2D eigenvalue weighted by Crippen LogP contribution is -2.12. The van der Waals surface area contributed by atoms with Crippen molar-refractivity contribution < 1.29 is 9.53 Å². The monoisotopic (exact) mass is 387 g/mol. The molecule has 3 rings (SSSR count). The molecule has 1 aromatic heterocycles. The zero-order valence-electron chi connectivity index (χ0n) is 13.8. The van der Waals surface area contributed by atoms with Crippen molar-refractivity contribution in [2.45, 2.75) is 0 Å². The van der Waals surface area contributed by atoms with Crippen LogP contribution in [0.1, 0.15) is 10.4 Å². The van der Waals surface area contributed by atoms with Crippen LogP contribution in [-0.4, -0.2) is 18.0 Å². The van der Waals surface area contributed by atoms with E-state index in [1.54, 1.807) is 61.8 Å². The number of nitrogens with zero attached hydrogens (tertiary/aromatic N) is 1. The molecule has 5 nitrogen and oxygen atoms in total. The molecule has 0 radical (unpaired) electrons. The van der Waals surface area contributed by atoms with Gasteiger partial charge in [0.25, 0.3) is 5.91 Å². The Kier molecular flexibility index (Phi) is 5.61. The third-order valence-corrected chi connectivity index (χ3v) is 3.94. The van der Waals surface area contributed by atoms with Gasteiger partial charge in [-0.05, 0) is 48.5 Å². The van der Waals surface area contributed by atoms with Gasteiger partial charge in [0.2, 0.25) is 0 Å². The summed E-state index contributed by atoms with van der Waals surface area (Å²) in [6.45, 7) is 0. The molecule has 0 aliphatic carbocycles. The van der Waals surface area contributed by atoms with E-state index in [0.717, 1.165) is 5.75 Å². The van der Waals surface area contributed by atoms with Crippen molar-refractivity contribution in [1.29, 1.82) is 0 Å². The third kappa shape index (κ3) is 4.65. The molecule has 7 heteroatoms. The number of aromatic nitrogens is 1. The Morgan fingerprint density at radius 2 is 1.62 bits per heavy atom. The number of rotatable bonds is 5. The summed E-state index contributed by atoms with van der Waals surface area (Å²) in [4.78, 5) is 16.5. The molecule has 2 aromatic carbocycles. The summed E-state index contributed by atoms with van der Waals surface area (Å²) in [5, 5.41) is 6.98. The van der Waals surface area contributed by atoms with Gasteiger partial charge in [-0.3, -0.25) is 9.78 Å². The van der Waals surface area contributed by atoms with Crippen LogP contribution in [0.2, 0.25) is 10.0 Å². The second-order valence-corrected chi connectivity index (χ2v) is 6.30. The van der Waals surface area contributed by atoms with Crippen LogP contribution in [0, 0.1) is 0 Å². The summed E-state index contributed by atoms with van der Waals surface area (Å²) in [6.07, 6.45) is 3.11. The summed E-state index contributed by atoms with van der Waals surface area (Å²) in [5.41, 5.74) is 2.43. The number of nitrogens with one attached hydrogen (secondary N) is 2. The molecule has 0 unspecified atom stereocenters. The maximum atomic E-state index is 12.4. The molecule has 0 spiro atoms. The van der Waals surface area contributed by atoms with E-state index in [4.69, 9.17) is 27.9 Å². The second-order valence-electron chi connectivity index (χ2n) is 5.43. The van der Waals surface area contributed by atoms with Crippen molar-refractivity contribution in [3.8, 4) is 5.75 Å². The highest BCUT2D eigenvalue weighted by atomic mass is 35.5. The first-order valence-corrected chi connectivity index (χ1v) is 8.42. The minimum absolute atomic E-state index is 0.268. The van der Waals surface area contributed by atoms with Crippen LogP contribution in [0.15, 0.2) is 60.9 Å². The number of anilines is 3. The maximum absolute atomic E-state index is 12.4. The number of benzene rings is 2. The van der Waals surface area contributed by atoms with E-state index in [-0.39, 0.29) is 5.91 Å².